The first-order valence-electron chi connectivity index (χ1n) is 6.32. The van der Waals surface area contributed by atoms with Gasteiger partial charge in [0.15, 0.2) is 11.5 Å². The summed E-state index contributed by atoms with van der Waals surface area (Å²) in [6, 6.07) is 11.4. The molecule has 3 nitrogen and oxygen atoms in total. The summed E-state index contributed by atoms with van der Waals surface area (Å²) in [5.74, 6) is -0.734. The first kappa shape index (κ1) is 15.5. The van der Waals surface area contributed by atoms with Gasteiger partial charge in [0.05, 0.1) is 16.1 Å². The normalized spacial score (nSPS) is 10.2. The van der Waals surface area contributed by atoms with E-state index in [2.05, 4.69) is 0 Å². The van der Waals surface area contributed by atoms with E-state index < -0.39 is 5.97 Å². The summed E-state index contributed by atoms with van der Waals surface area (Å²) in [5, 5.41) is 0.444. The molecule has 0 spiro atoms. The minimum Gasteiger partial charge on any atom is -0.421 e. The fourth-order valence-electron chi connectivity index (χ4n) is 1.79. The van der Waals surface area contributed by atoms with E-state index in [1.54, 1.807) is 37.3 Å². The molecule has 0 N–H and O–H groups in total. The van der Waals surface area contributed by atoms with Crippen LogP contribution >= 0.6 is 23.2 Å². The number of ketones is 1. The fraction of sp³-hybridized carbons (Fsp3) is 0.125. The summed E-state index contributed by atoms with van der Waals surface area (Å²) in [5.41, 5.74) is 0.581. The van der Waals surface area contributed by atoms with Crippen molar-refractivity contribution in [2.75, 3.05) is 0 Å². The summed E-state index contributed by atoms with van der Waals surface area (Å²) in [6.45, 7) is 1.71. The van der Waals surface area contributed by atoms with E-state index in [9.17, 15) is 9.59 Å². The highest BCUT2D eigenvalue weighted by Crippen LogP contribution is 2.33. The minimum absolute atomic E-state index is 0.0433. The van der Waals surface area contributed by atoms with Crippen LogP contribution in [0.4, 0.5) is 0 Å². The van der Waals surface area contributed by atoms with Gasteiger partial charge >= 0.3 is 5.97 Å². The average molecular weight is 323 g/mol. The zero-order valence-corrected chi connectivity index (χ0v) is 12.7. The van der Waals surface area contributed by atoms with Gasteiger partial charge in [-0.1, -0.05) is 48.3 Å². The van der Waals surface area contributed by atoms with E-state index in [4.69, 9.17) is 27.9 Å². The van der Waals surface area contributed by atoms with Crippen molar-refractivity contribution in [3.8, 4) is 5.75 Å². The van der Waals surface area contributed by atoms with E-state index in [1.165, 1.54) is 12.1 Å². The second-order valence-electron chi connectivity index (χ2n) is 4.30. The van der Waals surface area contributed by atoms with Crippen molar-refractivity contribution in [2.45, 2.75) is 13.3 Å². The number of esters is 1. The first-order chi connectivity index (χ1) is 10.0. The third kappa shape index (κ3) is 3.63. The lowest BCUT2D eigenvalue weighted by atomic mass is 10.1. The van der Waals surface area contributed by atoms with Crippen molar-refractivity contribution in [2.24, 2.45) is 0 Å². The summed E-state index contributed by atoms with van der Waals surface area (Å²) < 4.78 is 5.29. The highest BCUT2D eigenvalue weighted by molar-refractivity contribution is 6.36. The molecule has 0 aliphatic carbocycles. The molecular weight excluding hydrogens is 311 g/mol. The Kier molecular flexibility index (Phi) is 4.99. The van der Waals surface area contributed by atoms with Gasteiger partial charge in [-0.25, -0.2) is 4.79 Å². The molecular formula is C16H12Cl2O3. The quantitative estimate of drug-likeness (QED) is 0.461. The van der Waals surface area contributed by atoms with Gasteiger partial charge in [0.1, 0.15) is 0 Å². The highest BCUT2D eigenvalue weighted by Gasteiger charge is 2.19. The predicted molar refractivity (Wildman–Crippen MR) is 82.5 cm³/mol. The van der Waals surface area contributed by atoms with Crippen molar-refractivity contribution in [3.63, 3.8) is 0 Å². The first-order valence-corrected chi connectivity index (χ1v) is 7.08. The maximum absolute atomic E-state index is 12.1. The van der Waals surface area contributed by atoms with Crippen molar-refractivity contribution in [3.05, 3.63) is 63.6 Å². The van der Waals surface area contributed by atoms with E-state index in [-0.39, 0.29) is 28.5 Å². The van der Waals surface area contributed by atoms with E-state index in [1.807, 2.05) is 0 Å². The van der Waals surface area contributed by atoms with Gasteiger partial charge in [0.25, 0.3) is 0 Å². The number of hydrogen-bond donors (Lipinski definition) is 0. The van der Waals surface area contributed by atoms with Crippen LogP contribution in [-0.2, 0) is 0 Å². The molecule has 0 bridgehead atoms. The van der Waals surface area contributed by atoms with Crippen molar-refractivity contribution >= 4 is 35.0 Å². The Morgan fingerprint density at radius 3 is 2.38 bits per heavy atom. The Hall–Kier alpha value is -1.84. The van der Waals surface area contributed by atoms with Gasteiger partial charge in [-0.2, -0.15) is 0 Å². The van der Waals surface area contributed by atoms with Crippen LogP contribution in [0.25, 0.3) is 0 Å². The Balaban J connectivity index is 2.40. The second kappa shape index (κ2) is 6.74. The molecule has 108 valence electrons. The number of carbonyl (C=O) groups is 2. The zero-order valence-electron chi connectivity index (χ0n) is 11.2. The number of halogens is 2. The van der Waals surface area contributed by atoms with Crippen LogP contribution in [0.1, 0.15) is 34.1 Å². The minimum atomic E-state index is -0.579. The van der Waals surface area contributed by atoms with Gasteiger partial charge < -0.3 is 4.74 Å². The largest absolute Gasteiger partial charge is 0.421 e. The van der Waals surface area contributed by atoms with Crippen LogP contribution < -0.4 is 4.74 Å². The van der Waals surface area contributed by atoms with Crippen LogP contribution in [-0.4, -0.2) is 11.8 Å². The molecule has 0 aromatic heterocycles. The number of Topliss-reactive ketones (excluding diaryl/α,β-unsaturated/α-hetero) is 1. The molecule has 21 heavy (non-hydrogen) atoms. The molecule has 0 saturated carbocycles. The van der Waals surface area contributed by atoms with Gasteiger partial charge in [-0.15, -0.1) is 0 Å². The van der Waals surface area contributed by atoms with Gasteiger partial charge in [0.2, 0.25) is 0 Å². The number of rotatable bonds is 4. The van der Waals surface area contributed by atoms with Crippen LogP contribution in [0.15, 0.2) is 42.5 Å². The lowest BCUT2D eigenvalue weighted by Crippen LogP contribution is -2.12. The van der Waals surface area contributed by atoms with Gasteiger partial charge in [-0.05, 0) is 24.3 Å². The highest BCUT2D eigenvalue weighted by atomic mass is 35.5. The SMILES string of the molecule is CCC(=O)c1cc(Cl)cc(Cl)c1OC(=O)c1ccccc1. The van der Waals surface area contributed by atoms with E-state index in [0.717, 1.165) is 0 Å². The summed E-state index contributed by atoms with van der Waals surface area (Å²) in [4.78, 5) is 24.0. The monoisotopic (exact) mass is 322 g/mol. The molecule has 2 aromatic carbocycles. The number of ether oxygens (including phenoxy) is 1. The van der Waals surface area contributed by atoms with Crippen LogP contribution in [0.5, 0.6) is 5.75 Å². The van der Waals surface area contributed by atoms with Crippen LogP contribution in [0.2, 0.25) is 10.0 Å². The van der Waals surface area contributed by atoms with Crippen LogP contribution in [0, 0.1) is 0 Å². The predicted octanol–water partition coefficient (Wildman–Crippen LogP) is 4.81. The maximum atomic E-state index is 12.1. The Labute approximate surface area is 132 Å². The third-order valence-electron chi connectivity index (χ3n) is 2.83. The summed E-state index contributed by atoms with van der Waals surface area (Å²) in [7, 11) is 0. The third-order valence-corrected chi connectivity index (χ3v) is 3.33. The topological polar surface area (TPSA) is 43.4 Å². The molecule has 0 radical (unpaired) electrons. The molecule has 0 atom stereocenters. The van der Waals surface area contributed by atoms with Crippen molar-refractivity contribution in [1.82, 2.24) is 0 Å². The Morgan fingerprint density at radius 2 is 1.76 bits per heavy atom. The molecule has 0 amide bonds. The summed E-state index contributed by atoms with van der Waals surface area (Å²) in [6.07, 6.45) is 0.257. The smallest absolute Gasteiger partial charge is 0.343 e. The Morgan fingerprint density at radius 1 is 1.10 bits per heavy atom. The summed E-state index contributed by atoms with van der Waals surface area (Å²) >= 11 is 12.0. The molecule has 5 heteroatoms. The molecule has 0 fully saturated rings. The molecule has 0 heterocycles. The molecule has 0 aliphatic heterocycles. The molecule has 2 rings (SSSR count). The zero-order chi connectivity index (χ0) is 15.4. The Bertz CT molecular complexity index is 681. The maximum Gasteiger partial charge on any atom is 0.343 e. The van der Waals surface area contributed by atoms with E-state index >= 15 is 0 Å². The van der Waals surface area contributed by atoms with Crippen molar-refractivity contribution in [1.29, 1.82) is 0 Å². The second-order valence-corrected chi connectivity index (χ2v) is 5.14. The van der Waals surface area contributed by atoms with Crippen molar-refractivity contribution < 1.29 is 14.3 Å². The van der Waals surface area contributed by atoms with Crippen LogP contribution in [0.3, 0.4) is 0 Å². The van der Waals surface area contributed by atoms with E-state index in [0.29, 0.717) is 10.6 Å². The average Bonchev–Trinajstić information content (AvgIpc) is 2.49. The molecule has 0 aliphatic rings. The number of benzene rings is 2. The number of carbonyl (C=O) groups excluding carboxylic acids is 2. The standard InChI is InChI=1S/C16H12Cl2O3/c1-2-14(19)12-8-11(17)9-13(18)15(12)21-16(20)10-6-4-3-5-7-10/h3-9H,2H2,1H3. The van der Waals surface area contributed by atoms with Gasteiger partial charge in [-0.3, -0.25) is 4.79 Å². The molecule has 0 saturated heterocycles. The fourth-order valence-corrected chi connectivity index (χ4v) is 2.32. The molecule has 2 aromatic rings. The number of hydrogen-bond acceptors (Lipinski definition) is 3. The lowest BCUT2D eigenvalue weighted by Gasteiger charge is -2.11. The van der Waals surface area contributed by atoms with Gasteiger partial charge in [0, 0.05) is 11.4 Å². The molecule has 0 unspecified atom stereocenters. The lowest BCUT2D eigenvalue weighted by molar-refractivity contribution is 0.0732.